The fourth-order valence-corrected chi connectivity index (χ4v) is 1.92. The van der Waals surface area contributed by atoms with Gasteiger partial charge < -0.3 is 15.0 Å². The molecule has 1 unspecified atom stereocenters. The van der Waals surface area contributed by atoms with Gasteiger partial charge in [-0.2, -0.15) is 5.26 Å². The lowest BCUT2D eigenvalue weighted by atomic mass is 10.2. The zero-order chi connectivity index (χ0) is 13.7. The average Bonchev–Trinajstić information content (AvgIpc) is 2.47. The monoisotopic (exact) mass is 260 g/mol. The summed E-state index contributed by atoms with van der Waals surface area (Å²) in [6, 6.07) is 4.92. The minimum Gasteiger partial charge on any atom is -0.378 e. The third kappa shape index (κ3) is 3.42. The number of nitrogens with zero attached hydrogens (tertiary/aromatic N) is 3. The number of hydrogen-bond acceptors (Lipinski definition) is 5. The summed E-state index contributed by atoms with van der Waals surface area (Å²) in [6.07, 6.45) is 1.55. The first-order chi connectivity index (χ1) is 9.20. The average molecular weight is 260 g/mol. The van der Waals surface area contributed by atoms with Gasteiger partial charge in [0.1, 0.15) is 11.9 Å². The number of morpholine rings is 1. The van der Waals surface area contributed by atoms with Crippen LogP contribution in [0.15, 0.2) is 18.3 Å². The molecule has 1 aliphatic rings. The van der Waals surface area contributed by atoms with E-state index in [1.807, 2.05) is 6.07 Å². The minimum atomic E-state index is -0.375. The van der Waals surface area contributed by atoms with Crippen LogP contribution in [-0.4, -0.2) is 48.1 Å². The summed E-state index contributed by atoms with van der Waals surface area (Å²) >= 11 is 0. The highest BCUT2D eigenvalue weighted by Gasteiger charge is 2.22. The molecule has 0 spiro atoms. The smallest absolute Gasteiger partial charge is 0.244 e. The molecule has 0 aromatic carbocycles. The van der Waals surface area contributed by atoms with Gasteiger partial charge >= 0.3 is 0 Å². The zero-order valence-corrected chi connectivity index (χ0v) is 10.8. The van der Waals surface area contributed by atoms with Crippen molar-refractivity contribution in [2.24, 2.45) is 0 Å². The predicted molar refractivity (Wildman–Crippen MR) is 69.4 cm³/mol. The maximum Gasteiger partial charge on any atom is 0.244 e. The van der Waals surface area contributed by atoms with Crippen LogP contribution in [0.4, 0.5) is 5.82 Å². The number of nitrogens with one attached hydrogen (secondary N) is 1. The summed E-state index contributed by atoms with van der Waals surface area (Å²) in [4.78, 5) is 18.0. The van der Waals surface area contributed by atoms with E-state index in [2.05, 4.69) is 10.3 Å². The highest BCUT2D eigenvalue weighted by atomic mass is 16.5. The first kappa shape index (κ1) is 13.3. The van der Waals surface area contributed by atoms with Gasteiger partial charge in [-0.25, -0.2) is 4.98 Å². The topological polar surface area (TPSA) is 78.2 Å². The van der Waals surface area contributed by atoms with Gasteiger partial charge in [0.25, 0.3) is 0 Å². The summed E-state index contributed by atoms with van der Waals surface area (Å²) in [5.74, 6) is 0.556. The van der Waals surface area contributed by atoms with Gasteiger partial charge in [-0.05, 0) is 19.1 Å². The van der Waals surface area contributed by atoms with E-state index in [1.54, 1.807) is 30.2 Å². The molecule has 1 saturated heterocycles. The van der Waals surface area contributed by atoms with Crippen LogP contribution in [0.25, 0.3) is 0 Å². The van der Waals surface area contributed by atoms with Crippen molar-refractivity contribution in [3.05, 3.63) is 23.9 Å². The Kier molecular flexibility index (Phi) is 4.31. The molecule has 6 nitrogen and oxygen atoms in total. The number of ether oxygens (including phenoxy) is 1. The van der Waals surface area contributed by atoms with Gasteiger partial charge in [0, 0.05) is 19.3 Å². The normalized spacial score (nSPS) is 16.5. The molecule has 2 heterocycles. The molecular formula is C13H16N4O2. The Balaban J connectivity index is 1.97. The van der Waals surface area contributed by atoms with Crippen LogP contribution in [0.5, 0.6) is 0 Å². The third-order valence-corrected chi connectivity index (χ3v) is 2.95. The molecule has 19 heavy (non-hydrogen) atoms. The number of rotatable bonds is 3. The number of pyridine rings is 1. The Hall–Kier alpha value is -2.13. The van der Waals surface area contributed by atoms with E-state index >= 15 is 0 Å². The van der Waals surface area contributed by atoms with E-state index in [4.69, 9.17) is 10.00 Å². The second-order valence-corrected chi connectivity index (χ2v) is 4.35. The number of aromatic nitrogens is 1. The van der Waals surface area contributed by atoms with Crippen LogP contribution in [-0.2, 0) is 9.53 Å². The van der Waals surface area contributed by atoms with Crippen molar-refractivity contribution in [1.29, 1.82) is 5.26 Å². The second kappa shape index (κ2) is 6.16. The maximum atomic E-state index is 12.2. The highest BCUT2D eigenvalue weighted by molar-refractivity contribution is 5.84. The minimum absolute atomic E-state index is 0.0208. The Bertz CT molecular complexity index is 492. The van der Waals surface area contributed by atoms with E-state index in [0.717, 1.165) is 0 Å². The number of anilines is 1. The van der Waals surface area contributed by atoms with Crippen molar-refractivity contribution < 1.29 is 9.53 Å². The van der Waals surface area contributed by atoms with Crippen LogP contribution in [0, 0.1) is 11.3 Å². The molecule has 0 aliphatic carbocycles. The van der Waals surface area contributed by atoms with Gasteiger partial charge in [-0.3, -0.25) is 4.79 Å². The molecule has 0 bridgehead atoms. The maximum absolute atomic E-state index is 12.2. The van der Waals surface area contributed by atoms with E-state index in [-0.39, 0.29) is 11.9 Å². The van der Waals surface area contributed by atoms with Crippen LogP contribution >= 0.6 is 0 Å². The number of hydrogen-bond donors (Lipinski definition) is 1. The fraction of sp³-hybridized carbons (Fsp3) is 0.462. The molecular weight excluding hydrogens is 244 g/mol. The highest BCUT2D eigenvalue weighted by Crippen LogP contribution is 2.09. The first-order valence-electron chi connectivity index (χ1n) is 6.20. The lowest BCUT2D eigenvalue weighted by Gasteiger charge is -2.29. The summed E-state index contributed by atoms with van der Waals surface area (Å²) < 4.78 is 5.22. The molecule has 1 aromatic heterocycles. The molecule has 1 amide bonds. The van der Waals surface area contributed by atoms with Crippen LogP contribution < -0.4 is 5.32 Å². The van der Waals surface area contributed by atoms with Crippen molar-refractivity contribution in [2.45, 2.75) is 13.0 Å². The molecule has 1 aliphatic heterocycles. The van der Waals surface area contributed by atoms with Gasteiger partial charge in [0.2, 0.25) is 5.91 Å². The van der Waals surface area contributed by atoms with Gasteiger partial charge in [-0.15, -0.1) is 0 Å². The lowest BCUT2D eigenvalue weighted by molar-refractivity contribution is -0.135. The molecule has 100 valence electrons. The largest absolute Gasteiger partial charge is 0.378 e. The van der Waals surface area contributed by atoms with E-state index in [1.165, 1.54) is 0 Å². The summed E-state index contributed by atoms with van der Waals surface area (Å²) in [6.45, 7) is 4.20. The van der Waals surface area contributed by atoms with Gasteiger partial charge in [0.05, 0.1) is 24.8 Å². The fourth-order valence-electron chi connectivity index (χ4n) is 1.92. The van der Waals surface area contributed by atoms with Gasteiger partial charge in [-0.1, -0.05) is 0 Å². The van der Waals surface area contributed by atoms with Crippen molar-refractivity contribution in [1.82, 2.24) is 9.88 Å². The molecule has 1 atom stereocenters. The van der Waals surface area contributed by atoms with Crippen molar-refractivity contribution in [3.8, 4) is 6.07 Å². The zero-order valence-electron chi connectivity index (χ0n) is 10.8. The van der Waals surface area contributed by atoms with Gasteiger partial charge in [0.15, 0.2) is 0 Å². The Morgan fingerprint density at radius 3 is 3.00 bits per heavy atom. The standard InChI is InChI=1S/C13H16N4O2/c1-10(13(18)17-4-6-19-7-5-17)16-12-8-11(9-14)2-3-15-12/h2-3,8,10H,4-7H2,1H3,(H,15,16). The van der Waals surface area contributed by atoms with Crippen LogP contribution in [0.1, 0.15) is 12.5 Å². The summed E-state index contributed by atoms with van der Waals surface area (Å²) in [5, 5.41) is 11.8. The van der Waals surface area contributed by atoms with Crippen LogP contribution in [0.2, 0.25) is 0 Å². The van der Waals surface area contributed by atoms with Crippen LogP contribution in [0.3, 0.4) is 0 Å². The quantitative estimate of drug-likeness (QED) is 0.861. The number of carbonyl (C=O) groups excluding carboxylic acids is 1. The third-order valence-electron chi connectivity index (χ3n) is 2.95. The number of carbonyl (C=O) groups is 1. The SMILES string of the molecule is CC(Nc1cc(C#N)ccn1)C(=O)N1CCOCC1. The van der Waals surface area contributed by atoms with Crippen molar-refractivity contribution >= 4 is 11.7 Å². The number of nitriles is 1. The summed E-state index contributed by atoms with van der Waals surface area (Å²) in [5.41, 5.74) is 0.517. The molecule has 0 radical (unpaired) electrons. The Labute approximate surface area is 112 Å². The van der Waals surface area contributed by atoms with E-state index in [0.29, 0.717) is 37.7 Å². The molecule has 1 aromatic rings. The van der Waals surface area contributed by atoms with E-state index in [9.17, 15) is 4.79 Å². The molecule has 1 N–H and O–H groups in total. The number of amides is 1. The van der Waals surface area contributed by atoms with Crippen molar-refractivity contribution in [2.75, 3.05) is 31.6 Å². The molecule has 6 heteroatoms. The lowest BCUT2D eigenvalue weighted by Crippen LogP contribution is -2.47. The predicted octanol–water partition coefficient (Wildman–Crippen LogP) is 0.612. The molecule has 0 saturated carbocycles. The Morgan fingerprint density at radius 1 is 1.58 bits per heavy atom. The Morgan fingerprint density at radius 2 is 2.32 bits per heavy atom. The first-order valence-corrected chi connectivity index (χ1v) is 6.20. The summed E-state index contributed by atoms with van der Waals surface area (Å²) in [7, 11) is 0. The second-order valence-electron chi connectivity index (χ2n) is 4.35. The van der Waals surface area contributed by atoms with E-state index < -0.39 is 0 Å². The molecule has 1 fully saturated rings. The molecule has 2 rings (SSSR count). The van der Waals surface area contributed by atoms with Crippen molar-refractivity contribution in [3.63, 3.8) is 0 Å².